The molecule has 1 aromatic rings. The van der Waals surface area contributed by atoms with Crippen molar-refractivity contribution in [3.8, 4) is 0 Å². The molecule has 7 N–H and O–H groups in total. The minimum absolute atomic E-state index is 0.0809. The van der Waals surface area contributed by atoms with Gasteiger partial charge in [0.1, 0.15) is 5.69 Å². The van der Waals surface area contributed by atoms with E-state index in [0.29, 0.717) is 31.6 Å². The molecule has 1 amide bonds. The van der Waals surface area contributed by atoms with Gasteiger partial charge in [-0.2, -0.15) is 11.8 Å². The van der Waals surface area contributed by atoms with Crippen molar-refractivity contribution in [2.24, 2.45) is 11.5 Å². The second-order valence-electron chi connectivity index (χ2n) is 4.77. The van der Waals surface area contributed by atoms with Gasteiger partial charge in [0.15, 0.2) is 5.96 Å². The van der Waals surface area contributed by atoms with Gasteiger partial charge < -0.3 is 22.1 Å². The second kappa shape index (κ2) is 10.0. The lowest BCUT2D eigenvalue weighted by atomic mass is 10.1. The van der Waals surface area contributed by atoms with Crippen LogP contribution in [0.1, 0.15) is 18.5 Å². The molecule has 1 rings (SSSR count). The molecule has 124 valence electrons. The van der Waals surface area contributed by atoms with E-state index in [9.17, 15) is 4.79 Å². The van der Waals surface area contributed by atoms with Gasteiger partial charge in [-0.15, -0.1) is 5.10 Å². The Kier molecular flexibility index (Phi) is 8.30. The minimum atomic E-state index is -0.583. The third-order valence-electron chi connectivity index (χ3n) is 2.90. The zero-order valence-electron chi connectivity index (χ0n) is 12.7. The zero-order chi connectivity index (χ0) is 16.4. The van der Waals surface area contributed by atoms with E-state index in [-0.39, 0.29) is 11.9 Å². The first-order valence-corrected chi connectivity index (χ1v) is 8.41. The van der Waals surface area contributed by atoms with E-state index in [4.69, 9.17) is 16.9 Å². The molecule has 22 heavy (non-hydrogen) atoms. The fourth-order valence-electron chi connectivity index (χ4n) is 1.70. The van der Waals surface area contributed by atoms with E-state index in [2.05, 4.69) is 20.9 Å². The highest BCUT2D eigenvalue weighted by molar-refractivity contribution is 7.98. The Bertz CT molecular complexity index is 477. The third kappa shape index (κ3) is 7.27. The predicted molar refractivity (Wildman–Crippen MR) is 87.4 cm³/mol. The number of guanidine groups is 1. The van der Waals surface area contributed by atoms with Crippen LogP contribution >= 0.6 is 11.8 Å². The van der Waals surface area contributed by atoms with Gasteiger partial charge in [0.05, 0.1) is 25.3 Å². The van der Waals surface area contributed by atoms with Crippen LogP contribution in [0.25, 0.3) is 0 Å². The number of nitrogens with one attached hydrogen (secondary N) is 3. The van der Waals surface area contributed by atoms with Crippen molar-refractivity contribution in [3.05, 3.63) is 11.9 Å². The van der Waals surface area contributed by atoms with Crippen LogP contribution in [0.15, 0.2) is 6.20 Å². The normalized spacial score (nSPS) is 11.9. The van der Waals surface area contributed by atoms with Crippen molar-refractivity contribution in [2.75, 3.05) is 18.6 Å². The summed E-state index contributed by atoms with van der Waals surface area (Å²) in [7, 11) is 0. The Labute approximate surface area is 134 Å². The summed E-state index contributed by atoms with van der Waals surface area (Å²) in [4.78, 5) is 11.8. The molecule has 0 fully saturated rings. The molecule has 0 aliphatic heterocycles. The van der Waals surface area contributed by atoms with Crippen molar-refractivity contribution in [1.29, 1.82) is 5.41 Å². The Hall–Kier alpha value is -1.81. The molecule has 1 aromatic heterocycles. The van der Waals surface area contributed by atoms with Crippen LogP contribution in [0.4, 0.5) is 0 Å². The van der Waals surface area contributed by atoms with Crippen LogP contribution in [0.3, 0.4) is 0 Å². The average Bonchev–Trinajstić information content (AvgIpc) is 2.94. The standard InChI is InChI=1S/C12H24N8OS/c1-22-6-5-20-8-9(18-19-20)7-17-11(21)10(13)3-2-4-16-12(14)15/h8,10H,2-7,13H2,1H3,(H,17,21)(H4,14,15,16). The number of rotatable bonds is 10. The van der Waals surface area contributed by atoms with E-state index in [0.717, 1.165) is 12.3 Å². The van der Waals surface area contributed by atoms with E-state index in [1.54, 1.807) is 16.4 Å². The van der Waals surface area contributed by atoms with E-state index in [1.807, 2.05) is 12.5 Å². The van der Waals surface area contributed by atoms with Gasteiger partial charge in [-0.05, 0) is 19.1 Å². The summed E-state index contributed by atoms with van der Waals surface area (Å²) >= 11 is 1.74. The van der Waals surface area contributed by atoms with Gasteiger partial charge >= 0.3 is 0 Å². The SMILES string of the molecule is CSCCn1cc(CNC(=O)C(N)CCCNC(=N)N)nn1. The summed E-state index contributed by atoms with van der Waals surface area (Å²) in [5.41, 5.74) is 11.7. The number of amides is 1. The van der Waals surface area contributed by atoms with Crippen molar-refractivity contribution < 1.29 is 4.79 Å². The molecule has 0 aliphatic carbocycles. The van der Waals surface area contributed by atoms with Gasteiger partial charge in [0.25, 0.3) is 0 Å². The number of thioether (sulfide) groups is 1. The maximum atomic E-state index is 11.8. The lowest BCUT2D eigenvalue weighted by molar-refractivity contribution is -0.122. The van der Waals surface area contributed by atoms with Crippen molar-refractivity contribution >= 4 is 23.6 Å². The van der Waals surface area contributed by atoms with Gasteiger partial charge in [0, 0.05) is 12.3 Å². The third-order valence-corrected chi connectivity index (χ3v) is 3.49. The van der Waals surface area contributed by atoms with Crippen molar-refractivity contribution in [3.63, 3.8) is 0 Å². The summed E-state index contributed by atoms with van der Waals surface area (Å²) < 4.78 is 1.76. The summed E-state index contributed by atoms with van der Waals surface area (Å²) in [6.07, 6.45) is 5.04. The first kappa shape index (κ1) is 18.2. The molecule has 0 bridgehead atoms. The lowest BCUT2D eigenvalue weighted by Crippen LogP contribution is -2.41. The van der Waals surface area contributed by atoms with Gasteiger partial charge in [-0.1, -0.05) is 5.21 Å². The van der Waals surface area contributed by atoms with Crippen molar-refractivity contribution in [2.45, 2.75) is 32.0 Å². The Balaban J connectivity index is 2.23. The van der Waals surface area contributed by atoms with E-state index < -0.39 is 6.04 Å². The molecule has 0 saturated carbocycles. The maximum absolute atomic E-state index is 11.8. The van der Waals surface area contributed by atoms with Crippen LogP contribution in [0, 0.1) is 5.41 Å². The molecule has 9 nitrogen and oxygen atoms in total. The predicted octanol–water partition coefficient (Wildman–Crippen LogP) is -1.15. The molecular formula is C12H24N8OS. The van der Waals surface area contributed by atoms with E-state index in [1.165, 1.54) is 0 Å². The summed E-state index contributed by atoms with van der Waals surface area (Å²) in [6.45, 7) is 1.64. The number of nitrogens with two attached hydrogens (primary N) is 2. The smallest absolute Gasteiger partial charge is 0.237 e. The Morgan fingerprint density at radius 1 is 1.55 bits per heavy atom. The number of carbonyl (C=O) groups is 1. The quantitative estimate of drug-likeness (QED) is 0.207. The molecule has 0 spiro atoms. The van der Waals surface area contributed by atoms with Crippen LogP contribution in [-0.2, 0) is 17.9 Å². The molecule has 1 atom stereocenters. The Morgan fingerprint density at radius 3 is 3.00 bits per heavy atom. The average molecular weight is 328 g/mol. The lowest BCUT2D eigenvalue weighted by Gasteiger charge is -2.11. The fraction of sp³-hybridized carbons (Fsp3) is 0.667. The maximum Gasteiger partial charge on any atom is 0.237 e. The molecule has 0 aliphatic rings. The fourth-order valence-corrected chi connectivity index (χ4v) is 2.07. The highest BCUT2D eigenvalue weighted by Gasteiger charge is 2.13. The largest absolute Gasteiger partial charge is 0.370 e. The van der Waals surface area contributed by atoms with Gasteiger partial charge in [-0.25, -0.2) is 0 Å². The first-order valence-electron chi connectivity index (χ1n) is 7.02. The molecule has 0 saturated heterocycles. The number of aryl methyl sites for hydroxylation is 1. The Morgan fingerprint density at radius 2 is 2.32 bits per heavy atom. The van der Waals surface area contributed by atoms with Crippen LogP contribution in [0.2, 0.25) is 0 Å². The molecule has 10 heteroatoms. The number of carbonyl (C=O) groups excluding carboxylic acids is 1. The summed E-state index contributed by atoms with van der Waals surface area (Å²) in [6, 6.07) is -0.583. The molecular weight excluding hydrogens is 304 g/mol. The summed E-state index contributed by atoms with van der Waals surface area (Å²) in [5.74, 6) is 0.665. The first-order chi connectivity index (χ1) is 10.5. The zero-order valence-corrected chi connectivity index (χ0v) is 13.5. The topological polar surface area (TPSA) is 148 Å². The number of hydrogen-bond acceptors (Lipinski definition) is 6. The van der Waals surface area contributed by atoms with Gasteiger partial charge in [-0.3, -0.25) is 14.9 Å². The van der Waals surface area contributed by atoms with Crippen LogP contribution in [0.5, 0.6) is 0 Å². The molecule has 1 unspecified atom stereocenters. The second-order valence-corrected chi connectivity index (χ2v) is 5.76. The molecule has 0 aromatic carbocycles. The van der Waals surface area contributed by atoms with Crippen LogP contribution in [-0.4, -0.2) is 51.5 Å². The molecule has 0 radical (unpaired) electrons. The number of nitrogens with zero attached hydrogens (tertiary/aromatic N) is 3. The highest BCUT2D eigenvalue weighted by Crippen LogP contribution is 1.98. The monoisotopic (exact) mass is 328 g/mol. The van der Waals surface area contributed by atoms with Crippen molar-refractivity contribution in [1.82, 2.24) is 25.6 Å². The number of aromatic nitrogens is 3. The highest BCUT2D eigenvalue weighted by atomic mass is 32.2. The van der Waals surface area contributed by atoms with Gasteiger partial charge in [0.2, 0.25) is 5.91 Å². The van der Waals surface area contributed by atoms with Crippen LogP contribution < -0.4 is 22.1 Å². The minimum Gasteiger partial charge on any atom is -0.370 e. The number of hydrogen-bond donors (Lipinski definition) is 5. The molecule has 1 heterocycles. The summed E-state index contributed by atoms with van der Waals surface area (Å²) in [5, 5.41) is 20.4. The van der Waals surface area contributed by atoms with E-state index >= 15 is 0 Å².